The average molecular weight is 376 g/mol. The van der Waals surface area contributed by atoms with E-state index in [-0.39, 0.29) is 17.2 Å². The topological polar surface area (TPSA) is 39.4 Å². The van der Waals surface area contributed by atoms with Crippen LogP contribution in [0.5, 0.6) is 5.75 Å². The van der Waals surface area contributed by atoms with Crippen LogP contribution in [-0.2, 0) is 5.92 Å². The Morgan fingerprint density at radius 1 is 1.04 bits per heavy atom. The summed E-state index contributed by atoms with van der Waals surface area (Å²) in [5.74, 6) is -20.8. The molecule has 138 valence electrons. The molecule has 1 aromatic carbocycles. The molecule has 0 saturated carbocycles. The van der Waals surface area contributed by atoms with Crippen LogP contribution < -0.4 is 10.2 Å². The van der Waals surface area contributed by atoms with Gasteiger partial charge in [-0.15, -0.1) is 0 Å². The summed E-state index contributed by atoms with van der Waals surface area (Å²) < 4.78 is 114. The van der Waals surface area contributed by atoms with Crippen molar-refractivity contribution in [2.24, 2.45) is 0 Å². The lowest BCUT2D eigenvalue weighted by molar-refractivity contribution is -0.347. The van der Waals surface area contributed by atoms with Crippen LogP contribution in [0.4, 0.5) is 35.1 Å². The molecule has 0 unspecified atom stereocenters. The molecular formula is C14H8F8O3. The van der Waals surface area contributed by atoms with Crippen LogP contribution >= 0.6 is 0 Å². The van der Waals surface area contributed by atoms with Crippen molar-refractivity contribution in [1.29, 1.82) is 0 Å². The Bertz CT molecular complexity index is 844. The van der Waals surface area contributed by atoms with E-state index in [1.165, 1.54) is 7.11 Å². The highest BCUT2D eigenvalue weighted by Gasteiger charge is 2.77. The summed E-state index contributed by atoms with van der Waals surface area (Å²) in [6, 6.07) is 2.91. The van der Waals surface area contributed by atoms with Gasteiger partial charge in [-0.3, -0.25) is 4.79 Å². The molecule has 1 heterocycles. The molecule has 0 bridgehead atoms. The molecule has 0 radical (unpaired) electrons. The Labute approximate surface area is 133 Å². The summed E-state index contributed by atoms with van der Waals surface area (Å²) in [5, 5.41) is -0.358. The van der Waals surface area contributed by atoms with Crippen molar-refractivity contribution in [2.45, 2.75) is 24.2 Å². The third-order valence-electron chi connectivity index (χ3n) is 3.33. The molecule has 0 aliphatic carbocycles. The molecule has 2 rings (SSSR count). The fourth-order valence-corrected chi connectivity index (χ4v) is 1.92. The average Bonchev–Trinajstić information content (AvgIpc) is 2.53. The lowest BCUT2D eigenvalue weighted by Gasteiger charge is -2.31. The Hall–Kier alpha value is -2.33. The normalized spacial score (nSPS) is 13.5. The molecule has 0 N–H and O–H groups in total. The van der Waals surface area contributed by atoms with Gasteiger partial charge < -0.3 is 9.15 Å². The summed E-state index contributed by atoms with van der Waals surface area (Å²) in [6.45, 7) is 0. The van der Waals surface area contributed by atoms with Gasteiger partial charge in [0.25, 0.3) is 0 Å². The smallest absolute Gasteiger partial charge is 0.385 e. The van der Waals surface area contributed by atoms with Crippen LogP contribution in [0.15, 0.2) is 33.5 Å². The maximum atomic E-state index is 13.8. The van der Waals surface area contributed by atoms with Gasteiger partial charge in [-0.25, -0.2) is 8.78 Å². The van der Waals surface area contributed by atoms with E-state index in [9.17, 15) is 39.9 Å². The number of benzene rings is 1. The van der Waals surface area contributed by atoms with Gasteiger partial charge in [0.05, 0.1) is 12.5 Å². The van der Waals surface area contributed by atoms with Gasteiger partial charge in [-0.05, 0) is 18.2 Å². The largest absolute Gasteiger partial charge is 0.497 e. The van der Waals surface area contributed by atoms with Gasteiger partial charge in [0.2, 0.25) is 0 Å². The van der Waals surface area contributed by atoms with Crippen LogP contribution in [0.2, 0.25) is 0 Å². The third-order valence-corrected chi connectivity index (χ3v) is 3.33. The van der Waals surface area contributed by atoms with Crippen LogP contribution in [0.25, 0.3) is 11.0 Å². The molecule has 0 amide bonds. The second kappa shape index (κ2) is 5.88. The number of hydrogen-bond donors (Lipinski definition) is 0. The molecule has 2 aromatic rings. The summed E-state index contributed by atoms with van der Waals surface area (Å²) in [5.41, 5.74) is -1.91. The summed E-state index contributed by atoms with van der Waals surface area (Å²) in [6.07, 6.45) is -5.06. The van der Waals surface area contributed by atoms with E-state index in [1.54, 1.807) is 0 Å². The Kier molecular flexibility index (Phi) is 4.47. The first-order valence-corrected chi connectivity index (χ1v) is 6.40. The van der Waals surface area contributed by atoms with Crippen LogP contribution in [0, 0.1) is 0 Å². The van der Waals surface area contributed by atoms with Crippen LogP contribution in [0.1, 0.15) is 5.76 Å². The second-order valence-electron chi connectivity index (χ2n) is 4.91. The molecule has 0 spiro atoms. The molecular weight excluding hydrogens is 368 g/mol. The highest BCUT2D eigenvalue weighted by atomic mass is 19.4. The molecule has 0 aliphatic rings. The highest BCUT2D eigenvalue weighted by Crippen LogP contribution is 2.53. The van der Waals surface area contributed by atoms with Gasteiger partial charge in [-0.1, -0.05) is 0 Å². The molecule has 11 heteroatoms. The van der Waals surface area contributed by atoms with E-state index in [2.05, 4.69) is 4.42 Å². The van der Waals surface area contributed by atoms with Crippen molar-refractivity contribution >= 4 is 11.0 Å². The summed E-state index contributed by atoms with van der Waals surface area (Å²) in [7, 11) is 1.22. The number of methoxy groups -OCH3 is 1. The molecule has 25 heavy (non-hydrogen) atoms. The first-order chi connectivity index (χ1) is 11.4. The molecule has 3 nitrogen and oxygen atoms in total. The van der Waals surface area contributed by atoms with Gasteiger partial charge >= 0.3 is 24.2 Å². The molecule has 0 saturated heterocycles. The maximum absolute atomic E-state index is 13.8. The van der Waals surface area contributed by atoms with E-state index >= 15 is 0 Å². The van der Waals surface area contributed by atoms with Crippen molar-refractivity contribution < 1.29 is 44.3 Å². The van der Waals surface area contributed by atoms with E-state index in [4.69, 9.17) is 4.74 Å². The molecule has 0 atom stereocenters. The monoisotopic (exact) mass is 376 g/mol. The van der Waals surface area contributed by atoms with Gasteiger partial charge in [0.1, 0.15) is 11.3 Å². The maximum Gasteiger partial charge on any atom is 0.385 e. The SMILES string of the molecule is COc1ccc2oc(C(F)(F)C(F)(F)C(F)(F)C(F)F)cc(=O)c2c1. The number of alkyl halides is 8. The third kappa shape index (κ3) is 2.81. The van der Waals surface area contributed by atoms with E-state index < -0.39 is 41.0 Å². The van der Waals surface area contributed by atoms with Crippen molar-refractivity contribution in [3.63, 3.8) is 0 Å². The number of ether oxygens (including phenoxy) is 1. The van der Waals surface area contributed by atoms with Crippen molar-refractivity contribution in [3.05, 3.63) is 40.2 Å². The Morgan fingerprint density at radius 3 is 2.16 bits per heavy atom. The minimum Gasteiger partial charge on any atom is -0.497 e. The lowest BCUT2D eigenvalue weighted by atomic mass is 10.0. The number of rotatable bonds is 5. The molecule has 1 aromatic heterocycles. The van der Waals surface area contributed by atoms with Crippen LogP contribution in [-0.4, -0.2) is 25.4 Å². The zero-order chi connectivity index (χ0) is 19.2. The number of fused-ring (bicyclic) bond motifs is 1. The quantitative estimate of drug-likeness (QED) is 0.725. The standard InChI is InChI=1S/C14H8F8O3/c1-24-6-2-3-9-7(4-6)8(23)5-10(25-9)12(17,18)14(21,22)13(19,20)11(15)16/h2-5,11H,1H3. The highest BCUT2D eigenvalue weighted by molar-refractivity contribution is 5.78. The number of halogens is 8. The lowest BCUT2D eigenvalue weighted by Crippen LogP contribution is -2.56. The van der Waals surface area contributed by atoms with Gasteiger partial charge in [0.15, 0.2) is 11.2 Å². The zero-order valence-electron chi connectivity index (χ0n) is 12.1. The minimum atomic E-state index is -6.51. The van der Waals surface area contributed by atoms with E-state index in [1.807, 2.05) is 0 Å². The first kappa shape index (κ1) is 19.0. The molecule has 0 fully saturated rings. The van der Waals surface area contributed by atoms with E-state index in [0.717, 1.165) is 18.2 Å². The number of hydrogen-bond acceptors (Lipinski definition) is 3. The fourth-order valence-electron chi connectivity index (χ4n) is 1.92. The Morgan fingerprint density at radius 2 is 1.64 bits per heavy atom. The molecule has 0 aliphatic heterocycles. The first-order valence-electron chi connectivity index (χ1n) is 6.40. The zero-order valence-corrected chi connectivity index (χ0v) is 12.1. The van der Waals surface area contributed by atoms with Crippen LogP contribution in [0.3, 0.4) is 0 Å². The summed E-state index contributed by atoms with van der Waals surface area (Å²) >= 11 is 0. The Balaban J connectivity index is 2.66. The fraction of sp³-hybridized carbons (Fsp3) is 0.357. The van der Waals surface area contributed by atoms with Crippen molar-refractivity contribution in [3.8, 4) is 5.75 Å². The van der Waals surface area contributed by atoms with Gasteiger partial charge in [-0.2, -0.15) is 26.3 Å². The summed E-state index contributed by atoms with van der Waals surface area (Å²) in [4.78, 5) is 11.8. The van der Waals surface area contributed by atoms with Crippen molar-refractivity contribution in [1.82, 2.24) is 0 Å². The minimum absolute atomic E-state index is 0.105. The predicted octanol–water partition coefficient (Wildman–Crippen LogP) is 4.43. The van der Waals surface area contributed by atoms with Gasteiger partial charge in [0, 0.05) is 6.07 Å². The predicted molar refractivity (Wildman–Crippen MR) is 68.8 cm³/mol. The van der Waals surface area contributed by atoms with E-state index in [0.29, 0.717) is 0 Å². The second-order valence-corrected chi connectivity index (χ2v) is 4.91. The van der Waals surface area contributed by atoms with Crippen molar-refractivity contribution in [2.75, 3.05) is 7.11 Å².